The van der Waals surface area contributed by atoms with Gasteiger partial charge in [0.25, 0.3) is 0 Å². The van der Waals surface area contributed by atoms with Crippen molar-refractivity contribution >= 4 is 5.97 Å². The zero-order valence-corrected chi connectivity index (χ0v) is 20.3. The Kier molecular flexibility index (Phi) is 8.37. The van der Waals surface area contributed by atoms with Gasteiger partial charge in [-0.25, -0.2) is 8.78 Å². The first kappa shape index (κ1) is 25.5. The summed E-state index contributed by atoms with van der Waals surface area (Å²) in [6, 6.07) is 7.89. The largest absolute Gasteiger partial charge is 0.491 e. The maximum atomic E-state index is 14.8. The molecule has 2 aromatic carbocycles. The van der Waals surface area contributed by atoms with Crippen LogP contribution in [0.3, 0.4) is 0 Å². The molecule has 0 radical (unpaired) electrons. The highest BCUT2D eigenvalue weighted by atomic mass is 19.2. The summed E-state index contributed by atoms with van der Waals surface area (Å²) in [5.74, 6) is -3.44. The predicted octanol–water partition coefficient (Wildman–Crippen LogP) is 7.05. The van der Waals surface area contributed by atoms with E-state index in [-0.39, 0.29) is 29.4 Å². The van der Waals surface area contributed by atoms with E-state index in [1.165, 1.54) is 18.2 Å². The van der Waals surface area contributed by atoms with Gasteiger partial charge in [0.05, 0.1) is 18.6 Å². The Labute approximate surface area is 204 Å². The van der Waals surface area contributed by atoms with Crippen molar-refractivity contribution in [2.24, 2.45) is 5.92 Å². The molecule has 190 valence electrons. The van der Waals surface area contributed by atoms with Gasteiger partial charge in [-0.1, -0.05) is 12.1 Å². The maximum Gasteiger partial charge on any atom is 0.314 e. The molecule has 2 fully saturated rings. The average molecular weight is 491 g/mol. The molecule has 35 heavy (non-hydrogen) atoms. The summed E-state index contributed by atoms with van der Waals surface area (Å²) in [5.41, 5.74) is 1.21. The van der Waals surface area contributed by atoms with E-state index in [1.807, 2.05) is 6.07 Å². The van der Waals surface area contributed by atoms with Crippen molar-refractivity contribution in [3.63, 3.8) is 0 Å². The van der Waals surface area contributed by atoms with Gasteiger partial charge < -0.3 is 14.2 Å². The van der Waals surface area contributed by atoms with E-state index in [0.717, 1.165) is 31.2 Å². The summed E-state index contributed by atoms with van der Waals surface area (Å²) < 4.78 is 59.7. The quantitative estimate of drug-likeness (QED) is 0.308. The van der Waals surface area contributed by atoms with Crippen molar-refractivity contribution in [1.29, 1.82) is 0 Å². The fraction of sp³-hybridized carbons (Fsp3) is 0.536. The van der Waals surface area contributed by atoms with E-state index in [9.17, 15) is 18.0 Å². The monoisotopic (exact) mass is 490 g/mol. The minimum absolute atomic E-state index is 0.0663. The van der Waals surface area contributed by atoms with E-state index in [2.05, 4.69) is 0 Å². The van der Waals surface area contributed by atoms with Crippen LogP contribution in [0.5, 0.6) is 11.5 Å². The number of halogens is 3. The Hall–Kier alpha value is -2.54. The molecule has 0 heterocycles. The Morgan fingerprint density at radius 1 is 0.857 bits per heavy atom. The van der Waals surface area contributed by atoms with Crippen molar-refractivity contribution in [2.75, 3.05) is 13.7 Å². The van der Waals surface area contributed by atoms with Gasteiger partial charge in [0.2, 0.25) is 5.82 Å². The standard InChI is InChI=1S/C28H33F3O4/c1-3-34-24-14-10-20(16-23(24)29)17-4-6-19(7-5-17)28(32)35-25-15-13-22(26(30)27(25)31)18-8-11-21(33-2)12-9-18/h10,13-19,21H,3-9,11-12H2,1-2H3. The van der Waals surface area contributed by atoms with E-state index < -0.39 is 29.3 Å². The third-order valence-corrected chi connectivity index (χ3v) is 7.52. The number of esters is 1. The number of rotatable bonds is 7. The summed E-state index contributed by atoms with van der Waals surface area (Å²) in [6.07, 6.45) is 5.72. The van der Waals surface area contributed by atoms with Gasteiger partial charge in [-0.15, -0.1) is 0 Å². The maximum absolute atomic E-state index is 14.8. The second kappa shape index (κ2) is 11.5. The zero-order valence-electron chi connectivity index (χ0n) is 20.3. The van der Waals surface area contributed by atoms with Crippen molar-refractivity contribution in [2.45, 2.75) is 76.2 Å². The fourth-order valence-electron chi connectivity index (χ4n) is 5.45. The van der Waals surface area contributed by atoms with Gasteiger partial charge >= 0.3 is 5.97 Å². The van der Waals surface area contributed by atoms with E-state index in [4.69, 9.17) is 14.2 Å². The predicted molar refractivity (Wildman–Crippen MR) is 126 cm³/mol. The van der Waals surface area contributed by atoms with Gasteiger partial charge in [-0.05, 0) is 99.5 Å². The number of hydrogen-bond acceptors (Lipinski definition) is 4. The number of carbonyl (C=O) groups is 1. The molecule has 0 spiro atoms. The Bertz CT molecular complexity index is 1030. The minimum atomic E-state index is -1.11. The molecular formula is C28H33F3O4. The highest BCUT2D eigenvalue weighted by Gasteiger charge is 2.31. The fourth-order valence-corrected chi connectivity index (χ4v) is 5.45. The summed E-state index contributed by atoms with van der Waals surface area (Å²) >= 11 is 0. The topological polar surface area (TPSA) is 44.8 Å². The molecule has 7 heteroatoms. The highest BCUT2D eigenvalue weighted by Crippen LogP contribution is 2.39. The van der Waals surface area contributed by atoms with E-state index in [1.54, 1.807) is 20.1 Å². The third kappa shape index (κ3) is 5.83. The van der Waals surface area contributed by atoms with E-state index in [0.29, 0.717) is 37.9 Å². The van der Waals surface area contributed by atoms with Gasteiger partial charge in [0.15, 0.2) is 23.1 Å². The summed E-state index contributed by atoms with van der Waals surface area (Å²) in [5, 5.41) is 0. The van der Waals surface area contributed by atoms with Crippen LogP contribution < -0.4 is 9.47 Å². The first-order chi connectivity index (χ1) is 16.9. The Morgan fingerprint density at radius 2 is 1.51 bits per heavy atom. The lowest BCUT2D eigenvalue weighted by atomic mass is 9.78. The van der Waals surface area contributed by atoms with Gasteiger partial charge in [0.1, 0.15) is 0 Å². The van der Waals surface area contributed by atoms with Crippen LogP contribution >= 0.6 is 0 Å². The molecule has 0 bridgehead atoms. The average Bonchev–Trinajstić information content (AvgIpc) is 2.88. The second-order valence-corrected chi connectivity index (χ2v) is 9.58. The summed E-state index contributed by atoms with van der Waals surface area (Å²) in [7, 11) is 1.67. The molecule has 2 saturated carbocycles. The number of carbonyl (C=O) groups excluding carboxylic acids is 1. The molecular weight excluding hydrogens is 457 g/mol. The lowest BCUT2D eigenvalue weighted by Gasteiger charge is -2.28. The highest BCUT2D eigenvalue weighted by molar-refractivity contribution is 5.75. The number of ether oxygens (including phenoxy) is 3. The van der Waals surface area contributed by atoms with Crippen molar-refractivity contribution in [3.05, 3.63) is 58.9 Å². The molecule has 2 aliphatic rings. The van der Waals surface area contributed by atoms with Crippen molar-refractivity contribution in [1.82, 2.24) is 0 Å². The molecule has 0 unspecified atom stereocenters. The molecule has 4 nitrogen and oxygen atoms in total. The normalized spacial score (nSPS) is 24.7. The Morgan fingerprint density at radius 3 is 2.14 bits per heavy atom. The molecule has 0 saturated heterocycles. The first-order valence-electron chi connectivity index (χ1n) is 12.6. The molecule has 0 N–H and O–H groups in total. The van der Waals surface area contributed by atoms with Crippen molar-refractivity contribution in [3.8, 4) is 11.5 Å². The van der Waals surface area contributed by atoms with Crippen LogP contribution in [0.25, 0.3) is 0 Å². The second-order valence-electron chi connectivity index (χ2n) is 9.58. The zero-order chi connectivity index (χ0) is 24.9. The van der Waals surface area contributed by atoms with Crippen LogP contribution in [0.4, 0.5) is 13.2 Å². The molecule has 2 aliphatic carbocycles. The minimum Gasteiger partial charge on any atom is -0.491 e. The molecule has 2 aromatic rings. The van der Waals surface area contributed by atoms with Crippen LogP contribution in [0.1, 0.15) is 81.3 Å². The van der Waals surface area contributed by atoms with Gasteiger partial charge in [-0.3, -0.25) is 4.79 Å². The van der Waals surface area contributed by atoms with Crippen LogP contribution in [0, 0.1) is 23.4 Å². The number of hydrogen-bond donors (Lipinski definition) is 0. The van der Waals surface area contributed by atoms with Crippen LogP contribution in [0.2, 0.25) is 0 Å². The van der Waals surface area contributed by atoms with Crippen LogP contribution in [0.15, 0.2) is 30.3 Å². The molecule has 4 rings (SSSR count). The summed E-state index contributed by atoms with van der Waals surface area (Å²) in [6.45, 7) is 2.20. The van der Waals surface area contributed by atoms with Gasteiger partial charge in [0, 0.05) is 7.11 Å². The lowest BCUT2D eigenvalue weighted by Crippen LogP contribution is -2.25. The molecule has 0 amide bonds. The van der Waals surface area contributed by atoms with Crippen molar-refractivity contribution < 1.29 is 32.2 Å². The third-order valence-electron chi connectivity index (χ3n) is 7.52. The first-order valence-corrected chi connectivity index (χ1v) is 12.6. The van der Waals surface area contributed by atoms with Crippen LogP contribution in [-0.2, 0) is 9.53 Å². The van der Waals surface area contributed by atoms with Crippen LogP contribution in [-0.4, -0.2) is 25.8 Å². The lowest BCUT2D eigenvalue weighted by molar-refractivity contribution is -0.140. The number of methoxy groups -OCH3 is 1. The molecule has 0 atom stereocenters. The van der Waals surface area contributed by atoms with Gasteiger partial charge in [-0.2, -0.15) is 4.39 Å². The van der Waals surface area contributed by atoms with E-state index >= 15 is 0 Å². The SMILES string of the molecule is CCOc1ccc(C2CCC(C(=O)Oc3ccc(C4CCC(OC)CC4)c(F)c3F)CC2)cc1F. The molecule has 0 aromatic heterocycles. The molecule has 0 aliphatic heterocycles. The number of benzene rings is 2. The Balaban J connectivity index is 1.34. The smallest absolute Gasteiger partial charge is 0.314 e. The summed E-state index contributed by atoms with van der Waals surface area (Å²) in [4.78, 5) is 12.7.